The highest BCUT2D eigenvalue weighted by atomic mass is 35.5. The van der Waals surface area contributed by atoms with Gasteiger partial charge >= 0.3 is 0 Å². The van der Waals surface area contributed by atoms with E-state index in [9.17, 15) is 9.90 Å². The van der Waals surface area contributed by atoms with Crippen molar-refractivity contribution in [2.24, 2.45) is 5.73 Å². The van der Waals surface area contributed by atoms with Gasteiger partial charge in [-0.2, -0.15) is 0 Å². The van der Waals surface area contributed by atoms with Crippen LogP contribution in [0.15, 0.2) is 42.5 Å². The zero-order chi connectivity index (χ0) is 24.8. The van der Waals surface area contributed by atoms with E-state index < -0.39 is 6.04 Å². The molecule has 2 aromatic rings. The summed E-state index contributed by atoms with van der Waals surface area (Å²) in [6.45, 7) is 15.5. The lowest BCUT2D eigenvalue weighted by Crippen LogP contribution is -2.36. The number of carbonyl (C=O) groups is 1. The molecular weight excluding hydrogens is 448 g/mol. The topological polar surface area (TPSA) is 84.6 Å². The predicted molar refractivity (Wildman–Crippen MR) is 144 cm³/mol. The van der Waals surface area contributed by atoms with Crippen molar-refractivity contribution in [1.29, 1.82) is 0 Å². The molecule has 34 heavy (non-hydrogen) atoms. The third kappa shape index (κ3) is 7.64. The monoisotopic (exact) mass is 490 g/mol. The first kappa shape index (κ1) is 29.8. The van der Waals surface area contributed by atoms with Crippen molar-refractivity contribution in [3.05, 3.63) is 53.6 Å². The number of ether oxygens (including phenoxy) is 1. The van der Waals surface area contributed by atoms with Crippen LogP contribution in [-0.2, 0) is 15.6 Å². The van der Waals surface area contributed by atoms with Crippen LogP contribution in [0.5, 0.6) is 11.5 Å². The first-order chi connectivity index (χ1) is 15.4. The molecule has 190 valence electrons. The van der Waals surface area contributed by atoms with Gasteiger partial charge in [-0.25, -0.2) is 0 Å². The Labute approximate surface area is 211 Å². The fraction of sp³-hybridized carbons (Fsp3) is 0.536. The Hall–Kier alpha value is -2.24. The van der Waals surface area contributed by atoms with Gasteiger partial charge in [-0.05, 0) is 67.2 Å². The number of aromatic hydroxyl groups is 1. The van der Waals surface area contributed by atoms with Gasteiger partial charge in [0.25, 0.3) is 0 Å². The van der Waals surface area contributed by atoms with E-state index in [0.29, 0.717) is 18.5 Å². The van der Waals surface area contributed by atoms with Crippen molar-refractivity contribution in [2.45, 2.75) is 97.1 Å². The third-order valence-corrected chi connectivity index (χ3v) is 6.97. The molecule has 0 aliphatic rings. The molecule has 2 aromatic carbocycles. The summed E-state index contributed by atoms with van der Waals surface area (Å²) in [5, 5.41) is 12.5. The molecule has 6 heteroatoms. The number of benzene rings is 2. The van der Waals surface area contributed by atoms with Gasteiger partial charge in [0.05, 0.1) is 17.8 Å². The number of rotatable bonds is 11. The number of nitrogens with one attached hydrogen (secondary N) is 1. The molecule has 0 radical (unpaired) electrons. The molecule has 0 saturated carbocycles. The molecule has 1 amide bonds. The van der Waals surface area contributed by atoms with Gasteiger partial charge in [0.2, 0.25) is 5.91 Å². The quantitative estimate of drug-likeness (QED) is 0.306. The summed E-state index contributed by atoms with van der Waals surface area (Å²) in [5.74, 6) is 0.607. The fourth-order valence-electron chi connectivity index (χ4n) is 3.60. The number of anilines is 1. The Morgan fingerprint density at radius 3 is 2.24 bits per heavy atom. The first-order valence-corrected chi connectivity index (χ1v) is 12.1. The highest BCUT2D eigenvalue weighted by molar-refractivity contribution is 5.95. The molecule has 0 aromatic heterocycles. The van der Waals surface area contributed by atoms with Crippen LogP contribution in [0.3, 0.4) is 0 Å². The van der Waals surface area contributed by atoms with Gasteiger partial charge in [-0.3, -0.25) is 4.79 Å². The molecule has 5 nitrogen and oxygen atoms in total. The van der Waals surface area contributed by atoms with E-state index in [4.69, 9.17) is 10.5 Å². The van der Waals surface area contributed by atoms with Crippen LogP contribution in [0.1, 0.15) is 85.3 Å². The number of amides is 1. The Kier molecular flexibility index (Phi) is 10.9. The summed E-state index contributed by atoms with van der Waals surface area (Å²) < 4.78 is 6.38. The smallest absolute Gasteiger partial charge is 0.241 e. The average Bonchev–Trinajstić information content (AvgIpc) is 2.78. The van der Waals surface area contributed by atoms with Gasteiger partial charge < -0.3 is 20.9 Å². The third-order valence-electron chi connectivity index (χ3n) is 6.97. The summed E-state index contributed by atoms with van der Waals surface area (Å²) in [7, 11) is 0. The van der Waals surface area contributed by atoms with Crippen LogP contribution in [0.25, 0.3) is 0 Å². The second-order valence-electron chi connectivity index (χ2n) is 10.3. The summed E-state index contributed by atoms with van der Waals surface area (Å²) in [6, 6.07) is 12.5. The van der Waals surface area contributed by atoms with Crippen molar-refractivity contribution in [3.8, 4) is 11.5 Å². The summed E-state index contributed by atoms with van der Waals surface area (Å²) in [4.78, 5) is 12.4. The van der Waals surface area contributed by atoms with E-state index in [1.807, 2.05) is 6.92 Å². The van der Waals surface area contributed by atoms with Crippen LogP contribution < -0.4 is 15.8 Å². The molecule has 2 atom stereocenters. The van der Waals surface area contributed by atoms with Crippen LogP contribution in [-0.4, -0.2) is 23.2 Å². The molecule has 4 N–H and O–H groups in total. The van der Waals surface area contributed by atoms with Crippen molar-refractivity contribution >= 4 is 24.0 Å². The molecule has 2 unspecified atom stereocenters. The summed E-state index contributed by atoms with van der Waals surface area (Å²) >= 11 is 0. The van der Waals surface area contributed by atoms with Crippen molar-refractivity contribution in [1.82, 2.24) is 0 Å². The van der Waals surface area contributed by atoms with E-state index in [0.717, 1.165) is 18.6 Å². The number of halogens is 1. The van der Waals surface area contributed by atoms with Crippen LogP contribution in [0.4, 0.5) is 5.69 Å². The lowest BCUT2D eigenvalue weighted by atomic mass is 9.76. The number of carbonyl (C=O) groups excluding carboxylic acids is 1. The zero-order valence-electron chi connectivity index (χ0n) is 21.8. The molecule has 0 aliphatic heterocycles. The van der Waals surface area contributed by atoms with Crippen molar-refractivity contribution in [3.63, 3.8) is 0 Å². The standard InChI is InChI=1S/C28H42N2O3.ClH/c1-8-27(4,5)20-15-17-25(21(18-20)28(6,7)9-2)33-19(3)14-16-22(29)26(32)30-23-12-10-11-13-24(23)31;/h10-13,15,17-19,22,31H,8-9,14,16,29H2,1-7H3,(H,30,32);1H. The predicted octanol–water partition coefficient (Wildman–Crippen LogP) is 6.70. The maximum absolute atomic E-state index is 12.4. The number of nitrogens with two attached hydrogens (primary N) is 1. The van der Waals surface area contributed by atoms with Crippen LogP contribution in [0, 0.1) is 0 Å². The molecule has 0 heterocycles. The second-order valence-corrected chi connectivity index (χ2v) is 10.3. The molecule has 0 spiro atoms. The number of phenols is 1. The lowest BCUT2D eigenvalue weighted by Gasteiger charge is -2.31. The van der Waals surface area contributed by atoms with E-state index in [-0.39, 0.29) is 41.0 Å². The maximum Gasteiger partial charge on any atom is 0.241 e. The van der Waals surface area contributed by atoms with E-state index in [2.05, 4.69) is 65.1 Å². The number of hydrogen-bond donors (Lipinski definition) is 3. The first-order valence-electron chi connectivity index (χ1n) is 12.1. The number of phenolic OH excluding ortho intramolecular Hbond substituents is 1. The van der Waals surface area contributed by atoms with E-state index in [1.54, 1.807) is 18.2 Å². The highest BCUT2D eigenvalue weighted by Gasteiger charge is 2.27. The van der Waals surface area contributed by atoms with E-state index >= 15 is 0 Å². The largest absolute Gasteiger partial charge is 0.506 e. The molecule has 2 rings (SSSR count). The lowest BCUT2D eigenvalue weighted by molar-refractivity contribution is -0.117. The van der Waals surface area contributed by atoms with Crippen LogP contribution in [0.2, 0.25) is 0 Å². The second kappa shape index (κ2) is 12.5. The average molecular weight is 491 g/mol. The Bertz CT molecular complexity index is 943. The summed E-state index contributed by atoms with van der Waals surface area (Å²) in [6.07, 6.45) is 3.10. The SMILES string of the molecule is CCC(C)(C)c1ccc(OC(C)CCC(N)C(=O)Nc2ccccc2O)c(C(C)(C)CC)c1.Cl. The minimum atomic E-state index is -0.685. The van der Waals surface area contributed by atoms with Crippen molar-refractivity contribution in [2.75, 3.05) is 5.32 Å². The number of para-hydroxylation sites is 2. The fourth-order valence-corrected chi connectivity index (χ4v) is 3.60. The number of hydrogen-bond acceptors (Lipinski definition) is 4. The van der Waals surface area contributed by atoms with Gasteiger partial charge in [0.15, 0.2) is 0 Å². The zero-order valence-corrected chi connectivity index (χ0v) is 22.6. The van der Waals surface area contributed by atoms with Gasteiger partial charge in [-0.1, -0.05) is 65.8 Å². The Balaban J connectivity index is 0.00000578. The van der Waals surface area contributed by atoms with Crippen molar-refractivity contribution < 1.29 is 14.6 Å². The maximum atomic E-state index is 12.4. The van der Waals surface area contributed by atoms with Gasteiger partial charge in [0, 0.05) is 5.56 Å². The highest BCUT2D eigenvalue weighted by Crippen LogP contribution is 2.39. The van der Waals surface area contributed by atoms with Crippen LogP contribution >= 0.6 is 12.4 Å². The molecule has 0 fully saturated rings. The minimum Gasteiger partial charge on any atom is -0.506 e. The normalized spacial score (nSPS) is 13.5. The van der Waals surface area contributed by atoms with E-state index in [1.165, 1.54) is 17.2 Å². The van der Waals surface area contributed by atoms with Gasteiger partial charge in [0.1, 0.15) is 11.5 Å². The van der Waals surface area contributed by atoms with Gasteiger partial charge in [-0.15, -0.1) is 12.4 Å². The Morgan fingerprint density at radius 2 is 1.65 bits per heavy atom. The Morgan fingerprint density at radius 1 is 1.03 bits per heavy atom. The molecule has 0 bridgehead atoms. The molecule has 0 aliphatic carbocycles. The summed E-state index contributed by atoms with van der Waals surface area (Å²) in [5.41, 5.74) is 9.12. The molecular formula is C28H43ClN2O3. The molecule has 0 saturated heterocycles. The minimum absolute atomic E-state index is 0.